The lowest BCUT2D eigenvalue weighted by molar-refractivity contribution is -0.140. The zero-order chi connectivity index (χ0) is 16.2. The highest BCUT2D eigenvalue weighted by Crippen LogP contribution is 2.25. The topological polar surface area (TPSA) is 121 Å². The molecule has 0 aliphatic heterocycles. The molecule has 7 nitrogen and oxygen atoms in total. The van der Waals surface area contributed by atoms with Crippen molar-refractivity contribution >= 4 is 49.5 Å². The number of aliphatic carboxylic acids is 2. The van der Waals surface area contributed by atoms with E-state index in [1.165, 1.54) is 18.2 Å². The number of carboxylic acid groups (broad SMARTS) is 2. The molecule has 0 spiro atoms. The highest BCUT2D eigenvalue weighted by atomic mass is 79.9. The first-order valence-electron chi connectivity index (χ1n) is 5.55. The average molecular weight is 401 g/mol. The van der Waals surface area contributed by atoms with Crippen molar-refractivity contribution in [2.45, 2.75) is 23.8 Å². The number of nitrogens with one attached hydrogen (secondary N) is 1. The van der Waals surface area contributed by atoms with Crippen LogP contribution in [0.3, 0.4) is 0 Å². The van der Waals surface area contributed by atoms with Crippen LogP contribution in [0.4, 0.5) is 0 Å². The molecule has 1 atom stereocenters. The summed E-state index contributed by atoms with van der Waals surface area (Å²) < 4.78 is 26.4. The van der Waals surface area contributed by atoms with Crippen LogP contribution in [-0.2, 0) is 19.6 Å². The van der Waals surface area contributed by atoms with Gasteiger partial charge in [0.1, 0.15) is 6.04 Å². The molecule has 10 heteroatoms. The summed E-state index contributed by atoms with van der Waals surface area (Å²) in [6.07, 6.45) is -0.831. The quantitative estimate of drug-likeness (QED) is 0.640. The Morgan fingerprint density at radius 3 is 2.43 bits per heavy atom. The third-order valence-corrected chi connectivity index (χ3v) is 5.13. The molecule has 0 bridgehead atoms. The molecule has 116 valence electrons. The van der Waals surface area contributed by atoms with Gasteiger partial charge in [-0.25, -0.2) is 8.42 Å². The lowest BCUT2D eigenvalue weighted by Crippen LogP contribution is -2.41. The molecule has 0 aliphatic carbocycles. The summed E-state index contributed by atoms with van der Waals surface area (Å²) in [5.41, 5.74) is 0. The maximum absolute atomic E-state index is 12.1. The predicted octanol–water partition coefficient (Wildman–Crippen LogP) is 1.70. The standard InChI is InChI=1S/C11H11BrClNO6S/c12-7-5-6(1-2-8(7)13)21(19,20)14-9(11(17)18)3-4-10(15)16/h1-2,5,9,14H,3-4H2,(H,15,16)(H,17,18). The Hall–Kier alpha value is -1.16. The van der Waals surface area contributed by atoms with E-state index in [2.05, 4.69) is 15.9 Å². The summed E-state index contributed by atoms with van der Waals surface area (Å²) in [5, 5.41) is 17.8. The number of halogens is 2. The Labute approximate surface area is 134 Å². The van der Waals surface area contributed by atoms with E-state index in [1.54, 1.807) is 0 Å². The number of benzene rings is 1. The zero-order valence-electron chi connectivity index (χ0n) is 10.4. The summed E-state index contributed by atoms with van der Waals surface area (Å²) in [7, 11) is -4.10. The van der Waals surface area contributed by atoms with Gasteiger partial charge in [-0.3, -0.25) is 9.59 Å². The third-order valence-electron chi connectivity index (χ3n) is 2.44. The Morgan fingerprint density at radius 1 is 1.33 bits per heavy atom. The molecule has 0 amide bonds. The van der Waals surface area contributed by atoms with Gasteiger partial charge >= 0.3 is 11.9 Å². The van der Waals surface area contributed by atoms with E-state index in [-0.39, 0.29) is 11.3 Å². The molecule has 1 aromatic rings. The molecule has 0 saturated carbocycles. The van der Waals surface area contributed by atoms with Crippen molar-refractivity contribution in [3.05, 3.63) is 27.7 Å². The van der Waals surface area contributed by atoms with Crippen LogP contribution >= 0.6 is 27.5 Å². The van der Waals surface area contributed by atoms with Crippen LogP contribution in [0.25, 0.3) is 0 Å². The van der Waals surface area contributed by atoms with Gasteiger partial charge in [0.15, 0.2) is 0 Å². The maximum Gasteiger partial charge on any atom is 0.321 e. The molecule has 0 radical (unpaired) electrons. The number of hydrogen-bond acceptors (Lipinski definition) is 4. The minimum absolute atomic E-state index is 0.180. The van der Waals surface area contributed by atoms with Crippen LogP contribution in [0, 0.1) is 0 Å². The van der Waals surface area contributed by atoms with E-state index in [0.29, 0.717) is 9.50 Å². The van der Waals surface area contributed by atoms with Crippen LogP contribution in [0.2, 0.25) is 5.02 Å². The molecule has 1 rings (SSSR count). The Morgan fingerprint density at radius 2 is 1.95 bits per heavy atom. The van der Waals surface area contributed by atoms with Gasteiger partial charge in [0.05, 0.1) is 9.92 Å². The minimum Gasteiger partial charge on any atom is -0.481 e. The van der Waals surface area contributed by atoms with E-state index in [4.69, 9.17) is 21.8 Å². The molecule has 21 heavy (non-hydrogen) atoms. The normalized spacial score (nSPS) is 12.9. The van der Waals surface area contributed by atoms with Crippen LogP contribution in [0.15, 0.2) is 27.6 Å². The second kappa shape index (κ2) is 7.21. The fourth-order valence-electron chi connectivity index (χ4n) is 1.40. The molecule has 0 fully saturated rings. The van der Waals surface area contributed by atoms with Gasteiger partial charge in [-0.05, 0) is 40.5 Å². The van der Waals surface area contributed by atoms with E-state index in [9.17, 15) is 18.0 Å². The van der Waals surface area contributed by atoms with Crippen molar-refractivity contribution in [1.82, 2.24) is 4.72 Å². The predicted molar refractivity (Wildman–Crippen MR) is 77.8 cm³/mol. The number of sulfonamides is 1. The summed E-state index contributed by atoms with van der Waals surface area (Å²) in [6.45, 7) is 0. The number of rotatable bonds is 7. The van der Waals surface area contributed by atoms with E-state index >= 15 is 0 Å². The number of carboxylic acids is 2. The van der Waals surface area contributed by atoms with Crippen LogP contribution < -0.4 is 4.72 Å². The van der Waals surface area contributed by atoms with Crippen molar-refractivity contribution in [1.29, 1.82) is 0 Å². The van der Waals surface area contributed by atoms with Crippen LogP contribution in [0.5, 0.6) is 0 Å². The van der Waals surface area contributed by atoms with Crippen molar-refractivity contribution in [2.75, 3.05) is 0 Å². The molecule has 0 aromatic heterocycles. The second-order valence-electron chi connectivity index (χ2n) is 4.02. The monoisotopic (exact) mass is 399 g/mol. The van der Waals surface area contributed by atoms with Crippen LogP contribution in [0.1, 0.15) is 12.8 Å². The SMILES string of the molecule is O=C(O)CCC(NS(=O)(=O)c1ccc(Cl)c(Br)c1)C(=O)O. The lowest BCUT2D eigenvalue weighted by atomic mass is 10.2. The molecule has 0 saturated heterocycles. The highest BCUT2D eigenvalue weighted by molar-refractivity contribution is 9.10. The summed E-state index contributed by atoms with van der Waals surface area (Å²) >= 11 is 8.82. The largest absolute Gasteiger partial charge is 0.481 e. The third kappa shape index (κ3) is 5.27. The van der Waals surface area contributed by atoms with Crippen LogP contribution in [-0.4, -0.2) is 36.6 Å². The number of hydrogen-bond donors (Lipinski definition) is 3. The van der Waals surface area contributed by atoms with Gasteiger partial charge < -0.3 is 10.2 Å². The van der Waals surface area contributed by atoms with Gasteiger partial charge in [0, 0.05) is 10.9 Å². The first-order valence-corrected chi connectivity index (χ1v) is 8.21. The van der Waals surface area contributed by atoms with E-state index < -0.39 is 34.4 Å². The maximum atomic E-state index is 12.1. The second-order valence-corrected chi connectivity index (χ2v) is 7.00. The molecular formula is C11H11BrClNO6S. The highest BCUT2D eigenvalue weighted by Gasteiger charge is 2.26. The molecule has 0 aliphatic rings. The Balaban J connectivity index is 2.97. The Kier molecular flexibility index (Phi) is 6.14. The van der Waals surface area contributed by atoms with Gasteiger partial charge in [-0.2, -0.15) is 4.72 Å². The molecule has 1 aromatic carbocycles. The fraction of sp³-hybridized carbons (Fsp3) is 0.273. The molecule has 1 unspecified atom stereocenters. The van der Waals surface area contributed by atoms with Crippen molar-refractivity contribution < 1.29 is 28.2 Å². The van der Waals surface area contributed by atoms with E-state index in [0.717, 1.165) is 0 Å². The summed E-state index contributed by atoms with van der Waals surface area (Å²) in [5.74, 6) is -2.66. The minimum atomic E-state index is -4.10. The zero-order valence-corrected chi connectivity index (χ0v) is 13.6. The van der Waals surface area contributed by atoms with Gasteiger partial charge in [-0.1, -0.05) is 11.6 Å². The lowest BCUT2D eigenvalue weighted by Gasteiger charge is -2.14. The Bertz CT molecular complexity index is 663. The van der Waals surface area contributed by atoms with Crippen molar-refractivity contribution in [2.24, 2.45) is 0 Å². The van der Waals surface area contributed by atoms with Gasteiger partial charge in [0.2, 0.25) is 10.0 Å². The van der Waals surface area contributed by atoms with Gasteiger partial charge in [0.25, 0.3) is 0 Å². The molecule has 3 N–H and O–H groups in total. The summed E-state index contributed by atoms with van der Waals surface area (Å²) in [4.78, 5) is 21.3. The van der Waals surface area contributed by atoms with Crippen molar-refractivity contribution in [3.63, 3.8) is 0 Å². The molecular weight excluding hydrogens is 390 g/mol. The first-order chi connectivity index (χ1) is 9.63. The summed E-state index contributed by atoms with van der Waals surface area (Å²) in [6, 6.07) is 2.25. The molecule has 0 heterocycles. The average Bonchev–Trinajstić information content (AvgIpc) is 2.37. The van der Waals surface area contributed by atoms with E-state index in [1.807, 2.05) is 4.72 Å². The smallest absolute Gasteiger partial charge is 0.321 e. The fourth-order valence-corrected chi connectivity index (χ4v) is 3.30. The van der Waals surface area contributed by atoms with Crippen molar-refractivity contribution in [3.8, 4) is 0 Å². The van der Waals surface area contributed by atoms with Gasteiger partial charge in [-0.15, -0.1) is 0 Å². The first kappa shape index (κ1) is 17.9. The number of carbonyl (C=O) groups is 2.